The Kier molecular flexibility index (Phi) is 4.74. The van der Waals surface area contributed by atoms with Gasteiger partial charge in [-0.1, -0.05) is 39.3 Å². The smallest absolute Gasteiger partial charge is 0.0562 e. The van der Waals surface area contributed by atoms with Gasteiger partial charge in [-0.15, -0.1) is 0 Å². The Morgan fingerprint density at radius 1 is 1.44 bits per heavy atom. The molecule has 0 atom stereocenters. The number of nitrogens with one attached hydrogen (secondary N) is 1. The number of rotatable bonds is 5. The molecule has 1 aromatic rings. The molecule has 0 aliphatic rings. The summed E-state index contributed by atoms with van der Waals surface area (Å²) < 4.78 is 1.83. The van der Waals surface area contributed by atoms with E-state index in [0.717, 1.165) is 6.54 Å². The van der Waals surface area contributed by atoms with Crippen molar-refractivity contribution in [3.63, 3.8) is 0 Å². The molecule has 1 heterocycles. The van der Waals surface area contributed by atoms with E-state index in [1.807, 2.05) is 24.1 Å². The number of nitrogens with zero attached hydrogens (tertiary/aromatic N) is 2. The van der Waals surface area contributed by atoms with Crippen LogP contribution in [0.4, 0.5) is 0 Å². The third-order valence-corrected chi connectivity index (χ3v) is 2.53. The van der Waals surface area contributed by atoms with Crippen LogP contribution in [-0.2, 0) is 7.05 Å². The van der Waals surface area contributed by atoms with Crippen LogP contribution in [0.25, 0.3) is 6.08 Å². The van der Waals surface area contributed by atoms with Crippen molar-refractivity contribution in [3.8, 4) is 0 Å². The number of hydrogen-bond acceptors (Lipinski definition) is 2. The van der Waals surface area contributed by atoms with Crippen molar-refractivity contribution in [1.82, 2.24) is 15.1 Å². The minimum absolute atomic E-state index is 0.524. The molecule has 3 heteroatoms. The molecule has 1 N–H and O–H groups in total. The van der Waals surface area contributed by atoms with Crippen LogP contribution in [0.15, 0.2) is 18.0 Å². The fraction of sp³-hybridized carbons (Fsp3) is 0.615. The highest BCUT2D eigenvalue weighted by Crippen LogP contribution is 2.13. The van der Waals surface area contributed by atoms with Crippen LogP contribution >= 0.6 is 0 Å². The van der Waals surface area contributed by atoms with Gasteiger partial charge >= 0.3 is 0 Å². The zero-order chi connectivity index (χ0) is 12.1. The minimum Gasteiger partial charge on any atom is -0.311 e. The molecule has 0 aromatic carbocycles. The summed E-state index contributed by atoms with van der Waals surface area (Å²) in [4.78, 5) is 0. The van der Waals surface area contributed by atoms with Gasteiger partial charge < -0.3 is 5.32 Å². The van der Waals surface area contributed by atoms with E-state index in [1.54, 1.807) is 0 Å². The van der Waals surface area contributed by atoms with E-state index in [4.69, 9.17) is 0 Å². The van der Waals surface area contributed by atoms with Crippen molar-refractivity contribution >= 4 is 6.08 Å². The zero-order valence-corrected chi connectivity index (χ0v) is 11.0. The highest BCUT2D eigenvalue weighted by molar-refractivity contribution is 5.51. The molecule has 16 heavy (non-hydrogen) atoms. The van der Waals surface area contributed by atoms with Crippen LogP contribution in [0.3, 0.4) is 0 Å². The summed E-state index contributed by atoms with van der Waals surface area (Å²) in [7, 11) is 1.94. The average molecular weight is 221 g/mol. The summed E-state index contributed by atoms with van der Waals surface area (Å²) in [6.45, 7) is 9.74. The van der Waals surface area contributed by atoms with E-state index < -0.39 is 0 Å². The molecule has 0 spiro atoms. The molecule has 1 aromatic heterocycles. The van der Waals surface area contributed by atoms with Gasteiger partial charge in [0.05, 0.1) is 6.20 Å². The monoisotopic (exact) mass is 221 g/mol. The normalized spacial score (nSPS) is 12.8. The minimum atomic E-state index is 0.524. The van der Waals surface area contributed by atoms with Crippen LogP contribution < -0.4 is 5.32 Å². The first kappa shape index (κ1) is 13.0. The number of aromatic nitrogens is 2. The van der Waals surface area contributed by atoms with E-state index in [-0.39, 0.29) is 0 Å². The largest absolute Gasteiger partial charge is 0.311 e. The topological polar surface area (TPSA) is 29.9 Å². The lowest BCUT2D eigenvalue weighted by Crippen LogP contribution is -2.26. The number of hydrogen-bond donors (Lipinski definition) is 1. The van der Waals surface area contributed by atoms with E-state index >= 15 is 0 Å². The lowest BCUT2D eigenvalue weighted by Gasteiger charge is -2.14. The Balaban J connectivity index is 2.73. The number of aryl methyl sites for hydroxylation is 1. The van der Waals surface area contributed by atoms with Crippen molar-refractivity contribution in [2.45, 2.75) is 33.7 Å². The van der Waals surface area contributed by atoms with E-state index in [0.29, 0.717) is 12.0 Å². The molecule has 3 nitrogen and oxygen atoms in total. The SMILES string of the molecule is CC(C)NCC(=Cc1cnn(C)c1)C(C)C. The summed E-state index contributed by atoms with van der Waals surface area (Å²) in [5.74, 6) is 0.562. The van der Waals surface area contributed by atoms with E-state index in [9.17, 15) is 0 Å². The summed E-state index contributed by atoms with van der Waals surface area (Å²) in [6.07, 6.45) is 6.17. The summed E-state index contributed by atoms with van der Waals surface area (Å²) in [6, 6.07) is 0.524. The van der Waals surface area contributed by atoms with Crippen LogP contribution in [0.2, 0.25) is 0 Å². The lowest BCUT2D eigenvalue weighted by molar-refractivity contribution is 0.593. The van der Waals surface area contributed by atoms with Crippen LogP contribution in [0, 0.1) is 5.92 Å². The highest BCUT2D eigenvalue weighted by atomic mass is 15.2. The maximum Gasteiger partial charge on any atom is 0.0562 e. The molecule has 0 saturated carbocycles. The Morgan fingerprint density at radius 3 is 2.56 bits per heavy atom. The molecule has 0 aliphatic heterocycles. The van der Waals surface area contributed by atoms with Gasteiger partial charge in [0.2, 0.25) is 0 Å². The zero-order valence-electron chi connectivity index (χ0n) is 11.0. The predicted molar refractivity (Wildman–Crippen MR) is 69.2 cm³/mol. The molecule has 0 radical (unpaired) electrons. The molecule has 0 fully saturated rings. The molecule has 0 aliphatic carbocycles. The molecule has 0 bridgehead atoms. The van der Waals surface area contributed by atoms with Gasteiger partial charge in [-0.2, -0.15) is 5.10 Å². The van der Waals surface area contributed by atoms with Crippen molar-refractivity contribution in [3.05, 3.63) is 23.5 Å². The Bertz CT molecular complexity index is 348. The maximum absolute atomic E-state index is 4.18. The highest BCUT2D eigenvalue weighted by Gasteiger charge is 2.05. The fourth-order valence-corrected chi connectivity index (χ4v) is 1.47. The van der Waals surface area contributed by atoms with Crippen LogP contribution in [-0.4, -0.2) is 22.4 Å². The summed E-state index contributed by atoms with van der Waals surface area (Å²) >= 11 is 0. The molecular weight excluding hydrogens is 198 g/mol. The Hall–Kier alpha value is -1.09. The summed E-state index contributed by atoms with van der Waals surface area (Å²) in [5, 5.41) is 7.63. The van der Waals surface area contributed by atoms with E-state index in [2.05, 4.69) is 44.2 Å². The standard InChI is InChI=1S/C13H23N3/c1-10(2)13(8-14-11(3)4)6-12-7-15-16(5)9-12/h6-7,9-11,14H,8H2,1-5H3. The van der Waals surface area contributed by atoms with Gasteiger partial charge in [0.25, 0.3) is 0 Å². The first-order valence-corrected chi connectivity index (χ1v) is 5.91. The van der Waals surface area contributed by atoms with Gasteiger partial charge in [0, 0.05) is 31.4 Å². The van der Waals surface area contributed by atoms with Crippen molar-refractivity contribution in [2.75, 3.05) is 6.54 Å². The third kappa shape index (κ3) is 4.19. The van der Waals surface area contributed by atoms with Gasteiger partial charge in [-0.3, -0.25) is 4.68 Å². The van der Waals surface area contributed by atoms with Crippen molar-refractivity contribution in [2.24, 2.45) is 13.0 Å². The quantitative estimate of drug-likeness (QED) is 0.827. The molecule has 90 valence electrons. The fourth-order valence-electron chi connectivity index (χ4n) is 1.47. The van der Waals surface area contributed by atoms with Crippen molar-refractivity contribution < 1.29 is 0 Å². The second kappa shape index (κ2) is 5.85. The van der Waals surface area contributed by atoms with Gasteiger partial charge in [-0.05, 0) is 5.92 Å². The van der Waals surface area contributed by atoms with Gasteiger partial charge in [-0.25, -0.2) is 0 Å². The lowest BCUT2D eigenvalue weighted by atomic mass is 10.0. The second-order valence-electron chi connectivity index (χ2n) is 4.86. The predicted octanol–water partition coefficient (Wildman–Crippen LogP) is 2.46. The Morgan fingerprint density at radius 2 is 2.12 bits per heavy atom. The third-order valence-electron chi connectivity index (χ3n) is 2.53. The van der Waals surface area contributed by atoms with Gasteiger partial charge in [0.15, 0.2) is 0 Å². The van der Waals surface area contributed by atoms with Gasteiger partial charge in [0.1, 0.15) is 0 Å². The first-order chi connectivity index (χ1) is 7.49. The average Bonchev–Trinajstić information content (AvgIpc) is 2.57. The molecule has 0 saturated heterocycles. The van der Waals surface area contributed by atoms with Crippen LogP contribution in [0.5, 0.6) is 0 Å². The molecular formula is C13H23N3. The molecule has 0 unspecified atom stereocenters. The maximum atomic E-state index is 4.18. The first-order valence-electron chi connectivity index (χ1n) is 5.91. The Labute approximate surface area is 98.5 Å². The second-order valence-corrected chi connectivity index (χ2v) is 4.86. The summed E-state index contributed by atoms with van der Waals surface area (Å²) in [5.41, 5.74) is 2.60. The van der Waals surface area contributed by atoms with Crippen LogP contribution in [0.1, 0.15) is 33.3 Å². The molecule has 1 rings (SSSR count). The van der Waals surface area contributed by atoms with E-state index in [1.165, 1.54) is 11.1 Å². The molecule has 0 amide bonds. The van der Waals surface area contributed by atoms with Crippen molar-refractivity contribution in [1.29, 1.82) is 0 Å².